The van der Waals surface area contributed by atoms with Gasteiger partial charge in [-0.2, -0.15) is 0 Å². The van der Waals surface area contributed by atoms with E-state index < -0.39 is 0 Å². The van der Waals surface area contributed by atoms with Crippen LogP contribution in [0.1, 0.15) is 27.2 Å². The van der Waals surface area contributed by atoms with Crippen molar-refractivity contribution in [1.82, 2.24) is 5.32 Å². The first-order valence-corrected chi connectivity index (χ1v) is 7.45. The third-order valence-corrected chi connectivity index (χ3v) is 4.56. The molecule has 90 valence electrons. The topological polar surface area (TPSA) is 12.0 Å². The maximum absolute atomic E-state index is 3.59. The monoisotopic (exact) mass is 301 g/mol. The fourth-order valence-electron chi connectivity index (χ4n) is 1.73. The largest absolute Gasteiger partial charge is 0.314 e. The number of benzene rings is 1. The number of thioether (sulfide) groups is 1. The second kappa shape index (κ2) is 7.36. The van der Waals surface area contributed by atoms with E-state index in [0.717, 1.165) is 6.54 Å². The molecule has 0 saturated heterocycles. The lowest BCUT2D eigenvalue weighted by molar-refractivity contribution is 0.530. The molecule has 3 heteroatoms. The maximum atomic E-state index is 3.59. The number of hydrogen-bond donors (Lipinski definition) is 1. The summed E-state index contributed by atoms with van der Waals surface area (Å²) in [4.78, 5) is 1.33. The second-order valence-corrected chi connectivity index (χ2v) is 6.39. The molecule has 1 aromatic carbocycles. The van der Waals surface area contributed by atoms with Gasteiger partial charge in [-0.15, -0.1) is 11.8 Å². The molecule has 1 rings (SSSR count). The molecule has 0 bridgehead atoms. The van der Waals surface area contributed by atoms with Crippen molar-refractivity contribution in [2.45, 2.75) is 43.4 Å². The molecule has 0 radical (unpaired) electrons. The number of rotatable bonds is 6. The van der Waals surface area contributed by atoms with E-state index >= 15 is 0 Å². The zero-order valence-electron chi connectivity index (χ0n) is 10.2. The summed E-state index contributed by atoms with van der Waals surface area (Å²) in [6, 6.07) is 9.01. The predicted molar refractivity (Wildman–Crippen MR) is 77.2 cm³/mol. The molecule has 2 atom stereocenters. The van der Waals surface area contributed by atoms with Gasteiger partial charge in [-0.25, -0.2) is 0 Å². The quantitative estimate of drug-likeness (QED) is 0.786. The third kappa shape index (κ3) is 4.89. The van der Waals surface area contributed by atoms with Crippen LogP contribution in [0.15, 0.2) is 33.6 Å². The molecule has 0 fully saturated rings. The van der Waals surface area contributed by atoms with E-state index in [1.807, 2.05) is 11.8 Å². The Balaban J connectivity index is 2.45. The van der Waals surface area contributed by atoms with Crippen molar-refractivity contribution >= 4 is 27.7 Å². The Bertz CT molecular complexity index is 317. The van der Waals surface area contributed by atoms with Gasteiger partial charge in [0.25, 0.3) is 0 Å². The molecule has 0 aliphatic carbocycles. The summed E-state index contributed by atoms with van der Waals surface area (Å²) < 4.78 is 1.20. The van der Waals surface area contributed by atoms with E-state index in [0.29, 0.717) is 11.3 Å². The molecule has 0 aromatic heterocycles. The van der Waals surface area contributed by atoms with E-state index in [9.17, 15) is 0 Å². The molecule has 0 aliphatic rings. The summed E-state index contributed by atoms with van der Waals surface area (Å²) in [7, 11) is 0. The summed E-state index contributed by atoms with van der Waals surface area (Å²) in [5, 5.41) is 4.08. The number of halogens is 1. The number of hydrogen-bond acceptors (Lipinski definition) is 2. The standard InChI is InChI=1S/C13H20BrNS/c1-4-15-10(2)9-11(3)16-13-8-6-5-7-12(13)14/h5-8,10-11,15H,4,9H2,1-3H3. The van der Waals surface area contributed by atoms with Gasteiger partial charge in [0.15, 0.2) is 0 Å². The molecular weight excluding hydrogens is 282 g/mol. The van der Waals surface area contributed by atoms with E-state index in [4.69, 9.17) is 0 Å². The van der Waals surface area contributed by atoms with Crippen LogP contribution in [0.2, 0.25) is 0 Å². The van der Waals surface area contributed by atoms with Gasteiger partial charge >= 0.3 is 0 Å². The second-order valence-electron chi connectivity index (χ2n) is 4.05. The predicted octanol–water partition coefficient (Wildman–Crippen LogP) is 4.32. The van der Waals surface area contributed by atoms with Crippen LogP contribution in [0, 0.1) is 0 Å². The van der Waals surface area contributed by atoms with E-state index in [-0.39, 0.29) is 0 Å². The lowest BCUT2D eigenvalue weighted by atomic mass is 10.2. The minimum Gasteiger partial charge on any atom is -0.314 e. The summed E-state index contributed by atoms with van der Waals surface area (Å²) in [5.41, 5.74) is 0. The van der Waals surface area contributed by atoms with E-state index in [1.54, 1.807) is 0 Å². The molecule has 16 heavy (non-hydrogen) atoms. The molecule has 1 N–H and O–H groups in total. The van der Waals surface area contributed by atoms with Crippen molar-refractivity contribution in [3.8, 4) is 0 Å². The summed E-state index contributed by atoms with van der Waals surface area (Å²) in [5.74, 6) is 0. The van der Waals surface area contributed by atoms with Gasteiger partial charge in [-0.1, -0.05) is 26.0 Å². The molecule has 1 nitrogen and oxygen atoms in total. The SMILES string of the molecule is CCNC(C)CC(C)Sc1ccccc1Br. The summed E-state index contributed by atoms with van der Waals surface area (Å²) in [6.07, 6.45) is 1.19. The molecule has 0 spiro atoms. The highest BCUT2D eigenvalue weighted by Crippen LogP contribution is 2.31. The van der Waals surface area contributed by atoms with Crippen LogP contribution in [-0.4, -0.2) is 17.8 Å². The summed E-state index contributed by atoms with van der Waals surface area (Å²) in [6.45, 7) is 7.74. The van der Waals surface area contributed by atoms with Gasteiger partial charge in [-0.3, -0.25) is 0 Å². The van der Waals surface area contributed by atoms with Crippen LogP contribution in [-0.2, 0) is 0 Å². The Morgan fingerprint density at radius 2 is 2.00 bits per heavy atom. The molecule has 0 saturated carbocycles. The average molecular weight is 302 g/mol. The molecule has 2 unspecified atom stereocenters. The Kier molecular flexibility index (Phi) is 6.47. The molecule has 0 amide bonds. The van der Waals surface area contributed by atoms with Crippen molar-refractivity contribution in [1.29, 1.82) is 0 Å². The first-order valence-electron chi connectivity index (χ1n) is 5.78. The first kappa shape index (κ1) is 14.1. The van der Waals surface area contributed by atoms with E-state index in [1.165, 1.54) is 15.8 Å². The zero-order valence-corrected chi connectivity index (χ0v) is 12.6. The zero-order chi connectivity index (χ0) is 12.0. The van der Waals surface area contributed by atoms with E-state index in [2.05, 4.69) is 66.3 Å². The van der Waals surface area contributed by atoms with Crippen LogP contribution in [0.4, 0.5) is 0 Å². The lowest BCUT2D eigenvalue weighted by Crippen LogP contribution is -2.28. The fraction of sp³-hybridized carbons (Fsp3) is 0.538. The van der Waals surface area contributed by atoms with Gasteiger partial charge in [-0.05, 0) is 48.0 Å². The smallest absolute Gasteiger partial charge is 0.0311 e. The average Bonchev–Trinajstić information content (AvgIpc) is 2.21. The highest BCUT2D eigenvalue weighted by Gasteiger charge is 2.10. The highest BCUT2D eigenvalue weighted by atomic mass is 79.9. The number of nitrogens with one attached hydrogen (secondary N) is 1. The Labute approximate surface area is 112 Å². The van der Waals surface area contributed by atoms with Crippen LogP contribution in [0.25, 0.3) is 0 Å². The van der Waals surface area contributed by atoms with Crippen molar-refractivity contribution in [3.05, 3.63) is 28.7 Å². The van der Waals surface area contributed by atoms with Gasteiger partial charge in [0, 0.05) is 20.7 Å². The van der Waals surface area contributed by atoms with Gasteiger partial charge in [0.2, 0.25) is 0 Å². The maximum Gasteiger partial charge on any atom is 0.0311 e. The molecule has 0 aliphatic heterocycles. The van der Waals surface area contributed by atoms with Crippen molar-refractivity contribution in [2.75, 3.05) is 6.54 Å². The van der Waals surface area contributed by atoms with Gasteiger partial charge in [0.1, 0.15) is 0 Å². The minimum atomic E-state index is 0.593. The fourth-order valence-corrected chi connectivity index (χ4v) is 3.46. The Morgan fingerprint density at radius 1 is 1.31 bits per heavy atom. The van der Waals surface area contributed by atoms with Crippen molar-refractivity contribution in [3.63, 3.8) is 0 Å². The highest BCUT2D eigenvalue weighted by molar-refractivity contribution is 9.10. The van der Waals surface area contributed by atoms with Crippen LogP contribution >= 0.6 is 27.7 Å². The molecule has 1 aromatic rings. The van der Waals surface area contributed by atoms with Gasteiger partial charge < -0.3 is 5.32 Å². The summed E-state index contributed by atoms with van der Waals surface area (Å²) >= 11 is 5.52. The van der Waals surface area contributed by atoms with Crippen molar-refractivity contribution in [2.24, 2.45) is 0 Å². The third-order valence-electron chi connectivity index (χ3n) is 2.40. The van der Waals surface area contributed by atoms with Gasteiger partial charge in [0.05, 0.1) is 0 Å². The van der Waals surface area contributed by atoms with Crippen molar-refractivity contribution < 1.29 is 0 Å². The molecule has 0 heterocycles. The first-order chi connectivity index (χ1) is 7.63. The van der Waals surface area contributed by atoms with Crippen LogP contribution < -0.4 is 5.32 Å². The normalized spacial score (nSPS) is 14.8. The lowest BCUT2D eigenvalue weighted by Gasteiger charge is -2.18. The van der Waals surface area contributed by atoms with Crippen LogP contribution in [0.3, 0.4) is 0 Å². The molecular formula is C13H20BrNS. The van der Waals surface area contributed by atoms with Crippen LogP contribution in [0.5, 0.6) is 0 Å². The Hall–Kier alpha value is 0.01000. The Morgan fingerprint density at radius 3 is 2.62 bits per heavy atom. The minimum absolute atomic E-state index is 0.593.